The van der Waals surface area contributed by atoms with Crippen LogP contribution in [0.15, 0.2) is 0 Å². The van der Waals surface area contributed by atoms with Crippen LogP contribution in [0.2, 0.25) is 0 Å². The van der Waals surface area contributed by atoms with E-state index in [2.05, 4.69) is 24.1 Å². The molecule has 1 rings (SSSR count). The number of nitrogens with one attached hydrogen (secondary N) is 1. The van der Waals surface area contributed by atoms with Crippen LogP contribution in [-0.4, -0.2) is 37.1 Å². The fourth-order valence-corrected chi connectivity index (χ4v) is 2.52. The summed E-state index contributed by atoms with van der Waals surface area (Å²) in [4.78, 5) is 2.70. The van der Waals surface area contributed by atoms with Crippen LogP contribution in [-0.2, 0) is 0 Å². The first-order valence-corrected chi connectivity index (χ1v) is 6.83. The van der Waals surface area contributed by atoms with Crippen molar-refractivity contribution < 1.29 is 0 Å². The summed E-state index contributed by atoms with van der Waals surface area (Å²) in [5.74, 6) is 0. The molecule has 1 unspecified atom stereocenters. The minimum atomic E-state index is 0.857. The fraction of sp³-hybridized carbons (Fsp3) is 1.00. The first-order valence-electron chi connectivity index (χ1n) is 6.83. The molecule has 2 heteroatoms. The molecule has 1 heterocycles. The van der Waals surface area contributed by atoms with Gasteiger partial charge in [-0.05, 0) is 38.8 Å². The number of nitrogens with zero attached hydrogens (tertiary/aromatic N) is 1. The van der Waals surface area contributed by atoms with E-state index < -0.39 is 0 Å². The highest BCUT2D eigenvalue weighted by atomic mass is 15.2. The van der Waals surface area contributed by atoms with Crippen LogP contribution in [0, 0.1) is 0 Å². The van der Waals surface area contributed by atoms with Gasteiger partial charge in [0.15, 0.2) is 0 Å². The monoisotopic (exact) mass is 212 g/mol. The highest BCUT2D eigenvalue weighted by molar-refractivity contribution is 4.74. The Labute approximate surface area is 95.4 Å². The first-order chi connectivity index (χ1) is 7.38. The highest BCUT2D eigenvalue weighted by Gasteiger charge is 2.18. The molecule has 0 bridgehead atoms. The molecule has 0 aliphatic carbocycles. The van der Waals surface area contributed by atoms with Gasteiger partial charge in [0, 0.05) is 19.1 Å². The number of likely N-dealkylation sites (tertiary alicyclic amines) is 1. The Kier molecular flexibility index (Phi) is 7.03. The molecule has 0 saturated carbocycles. The van der Waals surface area contributed by atoms with Crippen LogP contribution < -0.4 is 5.32 Å². The van der Waals surface area contributed by atoms with Crippen LogP contribution in [0.3, 0.4) is 0 Å². The van der Waals surface area contributed by atoms with Crippen molar-refractivity contribution in [2.75, 3.05) is 26.2 Å². The Morgan fingerprint density at radius 2 is 2.00 bits per heavy atom. The third kappa shape index (κ3) is 4.98. The summed E-state index contributed by atoms with van der Waals surface area (Å²) in [6.07, 6.45) is 8.28. The standard InChI is InChI=1S/C13H28N2/c1-3-9-14-10-12-15-11-7-5-6-8-13(15)4-2/h13-14H,3-12H2,1-2H3. The maximum absolute atomic E-state index is 3.51. The molecule has 0 radical (unpaired) electrons. The van der Waals surface area contributed by atoms with Gasteiger partial charge in [0.05, 0.1) is 0 Å². The molecular weight excluding hydrogens is 184 g/mol. The maximum Gasteiger partial charge on any atom is 0.0110 e. The van der Waals surface area contributed by atoms with E-state index in [9.17, 15) is 0 Å². The van der Waals surface area contributed by atoms with Gasteiger partial charge in [-0.1, -0.05) is 26.7 Å². The van der Waals surface area contributed by atoms with E-state index in [-0.39, 0.29) is 0 Å². The molecule has 0 spiro atoms. The molecule has 0 aromatic carbocycles. The van der Waals surface area contributed by atoms with Crippen LogP contribution >= 0.6 is 0 Å². The smallest absolute Gasteiger partial charge is 0.0110 e. The zero-order valence-electron chi connectivity index (χ0n) is 10.6. The Morgan fingerprint density at radius 1 is 1.13 bits per heavy atom. The van der Waals surface area contributed by atoms with E-state index in [1.807, 2.05) is 0 Å². The van der Waals surface area contributed by atoms with Crippen LogP contribution in [0.5, 0.6) is 0 Å². The summed E-state index contributed by atoms with van der Waals surface area (Å²) in [6, 6.07) is 0.857. The Hall–Kier alpha value is -0.0800. The van der Waals surface area contributed by atoms with Gasteiger partial charge in [0.2, 0.25) is 0 Å². The van der Waals surface area contributed by atoms with Gasteiger partial charge in [-0.15, -0.1) is 0 Å². The molecule has 1 fully saturated rings. The summed E-state index contributed by atoms with van der Waals surface area (Å²) in [6.45, 7) is 9.48. The topological polar surface area (TPSA) is 15.3 Å². The van der Waals surface area contributed by atoms with Crippen molar-refractivity contribution in [2.24, 2.45) is 0 Å². The third-order valence-electron chi connectivity index (χ3n) is 3.47. The molecule has 1 atom stereocenters. The molecule has 0 amide bonds. The molecule has 2 nitrogen and oxygen atoms in total. The van der Waals surface area contributed by atoms with E-state index in [0.29, 0.717) is 0 Å². The van der Waals surface area contributed by atoms with E-state index in [0.717, 1.165) is 6.04 Å². The molecule has 1 N–H and O–H groups in total. The average Bonchev–Trinajstić information content (AvgIpc) is 2.49. The zero-order chi connectivity index (χ0) is 10.9. The molecule has 0 aromatic heterocycles. The summed E-state index contributed by atoms with van der Waals surface area (Å²) >= 11 is 0. The van der Waals surface area contributed by atoms with Gasteiger partial charge in [-0.2, -0.15) is 0 Å². The Morgan fingerprint density at radius 3 is 2.73 bits per heavy atom. The SMILES string of the molecule is CCCNCCN1CCCCCC1CC. The number of hydrogen-bond donors (Lipinski definition) is 1. The molecule has 0 aromatic rings. The van der Waals surface area contributed by atoms with Gasteiger partial charge in [-0.3, -0.25) is 4.90 Å². The average molecular weight is 212 g/mol. The summed E-state index contributed by atoms with van der Waals surface area (Å²) in [5.41, 5.74) is 0. The molecule has 1 saturated heterocycles. The zero-order valence-corrected chi connectivity index (χ0v) is 10.6. The van der Waals surface area contributed by atoms with Gasteiger partial charge in [-0.25, -0.2) is 0 Å². The van der Waals surface area contributed by atoms with Crippen LogP contribution in [0.1, 0.15) is 52.4 Å². The number of hydrogen-bond acceptors (Lipinski definition) is 2. The predicted molar refractivity (Wildman–Crippen MR) is 67.3 cm³/mol. The summed E-state index contributed by atoms with van der Waals surface area (Å²) in [7, 11) is 0. The van der Waals surface area contributed by atoms with Crippen molar-refractivity contribution in [1.29, 1.82) is 0 Å². The minimum Gasteiger partial charge on any atom is -0.315 e. The lowest BCUT2D eigenvalue weighted by Crippen LogP contribution is -2.39. The molecule has 1 aliphatic heterocycles. The predicted octanol–water partition coefficient (Wildman–Crippen LogP) is 2.64. The lowest BCUT2D eigenvalue weighted by molar-refractivity contribution is 0.195. The highest BCUT2D eigenvalue weighted by Crippen LogP contribution is 2.18. The van der Waals surface area contributed by atoms with E-state index in [4.69, 9.17) is 0 Å². The van der Waals surface area contributed by atoms with Crippen LogP contribution in [0.25, 0.3) is 0 Å². The van der Waals surface area contributed by atoms with Crippen molar-refractivity contribution in [3.63, 3.8) is 0 Å². The Balaban J connectivity index is 2.22. The second kappa shape index (κ2) is 8.12. The third-order valence-corrected chi connectivity index (χ3v) is 3.47. The minimum absolute atomic E-state index is 0.857. The summed E-state index contributed by atoms with van der Waals surface area (Å²) in [5, 5.41) is 3.51. The van der Waals surface area contributed by atoms with Crippen molar-refractivity contribution in [2.45, 2.75) is 58.4 Å². The van der Waals surface area contributed by atoms with Gasteiger partial charge < -0.3 is 5.32 Å². The van der Waals surface area contributed by atoms with Gasteiger partial charge >= 0.3 is 0 Å². The quantitative estimate of drug-likeness (QED) is 0.681. The van der Waals surface area contributed by atoms with Crippen molar-refractivity contribution >= 4 is 0 Å². The van der Waals surface area contributed by atoms with Crippen LogP contribution in [0.4, 0.5) is 0 Å². The van der Waals surface area contributed by atoms with E-state index >= 15 is 0 Å². The Bertz CT molecular complexity index is 147. The van der Waals surface area contributed by atoms with Gasteiger partial charge in [0.25, 0.3) is 0 Å². The van der Waals surface area contributed by atoms with Crippen molar-refractivity contribution in [3.05, 3.63) is 0 Å². The molecule has 15 heavy (non-hydrogen) atoms. The normalized spacial score (nSPS) is 24.0. The fourth-order valence-electron chi connectivity index (χ4n) is 2.52. The van der Waals surface area contributed by atoms with Gasteiger partial charge in [0.1, 0.15) is 0 Å². The largest absolute Gasteiger partial charge is 0.315 e. The molecule has 90 valence electrons. The molecular formula is C13H28N2. The molecule has 1 aliphatic rings. The van der Waals surface area contributed by atoms with Crippen molar-refractivity contribution in [1.82, 2.24) is 10.2 Å². The second-order valence-electron chi connectivity index (χ2n) is 4.70. The van der Waals surface area contributed by atoms with E-state index in [1.165, 1.54) is 64.7 Å². The summed E-state index contributed by atoms with van der Waals surface area (Å²) < 4.78 is 0. The second-order valence-corrected chi connectivity index (χ2v) is 4.70. The van der Waals surface area contributed by atoms with E-state index in [1.54, 1.807) is 0 Å². The lowest BCUT2D eigenvalue weighted by Gasteiger charge is -2.29. The first kappa shape index (κ1) is 13.0. The lowest BCUT2D eigenvalue weighted by atomic mass is 10.1. The number of rotatable bonds is 6. The van der Waals surface area contributed by atoms with Crippen molar-refractivity contribution in [3.8, 4) is 0 Å². The maximum atomic E-state index is 3.51.